The van der Waals surface area contributed by atoms with Gasteiger partial charge in [0.2, 0.25) is 0 Å². The smallest absolute Gasteiger partial charge is 0.115 e. The van der Waals surface area contributed by atoms with E-state index in [1.54, 1.807) is 13.2 Å². The number of benzene rings is 2. The Bertz CT molecular complexity index is 709. The second-order valence-electron chi connectivity index (χ2n) is 5.63. The van der Waals surface area contributed by atoms with Crippen molar-refractivity contribution in [3.8, 4) is 0 Å². The Kier molecular flexibility index (Phi) is 6.04. The fourth-order valence-corrected chi connectivity index (χ4v) is 2.74. The number of nitrogens with one attached hydrogen (secondary N) is 1. The average molecular weight is 307 g/mol. The molecule has 1 unspecified atom stereocenters. The first kappa shape index (κ1) is 16.9. The van der Waals surface area contributed by atoms with Crippen LogP contribution in [0.3, 0.4) is 0 Å². The summed E-state index contributed by atoms with van der Waals surface area (Å²) in [6.07, 6.45) is 4.76. The van der Waals surface area contributed by atoms with E-state index in [1.807, 2.05) is 6.08 Å². The van der Waals surface area contributed by atoms with Crippen molar-refractivity contribution in [3.63, 3.8) is 0 Å². The Labute approximate surface area is 139 Å². The first-order valence-corrected chi connectivity index (χ1v) is 7.95. The van der Waals surface area contributed by atoms with E-state index in [0.29, 0.717) is 11.7 Å². The summed E-state index contributed by atoms with van der Waals surface area (Å²) in [7, 11) is 1.65. The number of hydrogen-bond acceptors (Lipinski definition) is 2. The van der Waals surface area contributed by atoms with Crippen LogP contribution in [0.2, 0.25) is 0 Å². The molecule has 2 aromatic carbocycles. The zero-order chi connectivity index (χ0) is 16.7. The van der Waals surface area contributed by atoms with E-state index >= 15 is 0 Å². The molecule has 0 fully saturated rings. The molecule has 120 valence electrons. The summed E-state index contributed by atoms with van der Waals surface area (Å²) in [5, 5.41) is 6.06. The standard InChI is InChI=1S/C21H25NO/c1-5-9-19(17(3)23-4)16(2)14-15-22-21-13-8-11-18-10-6-7-12-20(18)21/h5-13,16,22H,1,3,14-15H2,2,4H3/b19-9-. The van der Waals surface area contributed by atoms with E-state index in [4.69, 9.17) is 4.74 Å². The molecule has 23 heavy (non-hydrogen) atoms. The van der Waals surface area contributed by atoms with Gasteiger partial charge in [0.1, 0.15) is 5.76 Å². The van der Waals surface area contributed by atoms with Gasteiger partial charge in [-0.05, 0) is 29.4 Å². The van der Waals surface area contributed by atoms with Gasteiger partial charge in [-0.1, -0.05) is 68.6 Å². The molecule has 0 saturated carbocycles. The quantitative estimate of drug-likeness (QED) is 0.510. The maximum absolute atomic E-state index is 5.28. The zero-order valence-electron chi connectivity index (χ0n) is 14.0. The summed E-state index contributed by atoms with van der Waals surface area (Å²) in [5.41, 5.74) is 2.28. The summed E-state index contributed by atoms with van der Waals surface area (Å²) >= 11 is 0. The molecule has 0 aliphatic heterocycles. The maximum Gasteiger partial charge on any atom is 0.115 e. The molecule has 0 radical (unpaired) electrons. The molecule has 1 atom stereocenters. The zero-order valence-corrected chi connectivity index (χ0v) is 14.0. The van der Waals surface area contributed by atoms with Crippen LogP contribution in [0.4, 0.5) is 5.69 Å². The lowest BCUT2D eigenvalue weighted by molar-refractivity contribution is 0.294. The van der Waals surface area contributed by atoms with Gasteiger partial charge in [-0.3, -0.25) is 0 Å². The van der Waals surface area contributed by atoms with Crippen LogP contribution in [0.15, 0.2) is 79.1 Å². The van der Waals surface area contributed by atoms with Crippen molar-refractivity contribution in [2.45, 2.75) is 13.3 Å². The van der Waals surface area contributed by atoms with Crippen LogP contribution in [-0.2, 0) is 4.74 Å². The lowest BCUT2D eigenvalue weighted by Gasteiger charge is -2.18. The van der Waals surface area contributed by atoms with Gasteiger partial charge in [0.05, 0.1) is 7.11 Å². The third-order valence-corrected chi connectivity index (χ3v) is 4.08. The van der Waals surface area contributed by atoms with Gasteiger partial charge in [0.25, 0.3) is 0 Å². The van der Waals surface area contributed by atoms with Crippen LogP contribution in [0.1, 0.15) is 13.3 Å². The summed E-state index contributed by atoms with van der Waals surface area (Å²) in [6.45, 7) is 10.8. The maximum atomic E-state index is 5.28. The Hall–Kier alpha value is -2.48. The minimum absolute atomic E-state index is 0.350. The van der Waals surface area contributed by atoms with Crippen molar-refractivity contribution in [1.29, 1.82) is 0 Å². The van der Waals surface area contributed by atoms with Crippen molar-refractivity contribution < 1.29 is 4.74 Å². The second kappa shape index (κ2) is 8.23. The van der Waals surface area contributed by atoms with Gasteiger partial charge in [-0.15, -0.1) is 0 Å². The molecule has 2 rings (SSSR count). The lowest BCUT2D eigenvalue weighted by atomic mass is 9.95. The van der Waals surface area contributed by atoms with Crippen LogP contribution in [0.25, 0.3) is 10.8 Å². The predicted octanol–water partition coefficient (Wildman–Crippen LogP) is 5.55. The molecular formula is C21H25NO. The Balaban J connectivity index is 2.02. The van der Waals surface area contributed by atoms with Gasteiger partial charge in [-0.2, -0.15) is 0 Å². The van der Waals surface area contributed by atoms with Crippen molar-refractivity contribution in [3.05, 3.63) is 79.1 Å². The molecule has 2 aromatic rings. The monoisotopic (exact) mass is 307 g/mol. The molecule has 2 heteroatoms. The molecule has 0 aliphatic carbocycles. The second-order valence-corrected chi connectivity index (χ2v) is 5.63. The highest BCUT2D eigenvalue weighted by Gasteiger charge is 2.12. The van der Waals surface area contributed by atoms with Crippen LogP contribution in [0, 0.1) is 5.92 Å². The highest BCUT2D eigenvalue weighted by molar-refractivity contribution is 5.93. The van der Waals surface area contributed by atoms with Crippen molar-refractivity contribution >= 4 is 16.5 Å². The van der Waals surface area contributed by atoms with Crippen LogP contribution in [0.5, 0.6) is 0 Å². The van der Waals surface area contributed by atoms with E-state index < -0.39 is 0 Å². The van der Waals surface area contributed by atoms with Gasteiger partial charge in [0.15, 0.2) is 0 Å². The Morgan fingerprint density at radius 2 is 1.96 bits per heavy atom. The number of anilines is 1. The fraction of sp³-hybridized carbons (Fsp3) is 0.238. The molecule has 0 heterocycles. The van der Waals surface area contributed by atoms with Crippen molar-refractivity contribution in [2.75, 3.05) is 19.0 Å². The minimum atomic E-state index is 0.350. The van der Waals surface area contributed by atoms with E-state index in [0.717, 1.165) is 18.5 Å². The molecule has 0 aliphatic rings. The summed E-state index contributed by atoms with van der Waals surface area (Å²) < 4.78 is 5.28. The molecule has 0 aromatic heterocycles. The van der Waals surface area contributed by atoms with Crippen LogP contribution in [-0.4, -0.2) is 13.7 Å². The SMILES string of the molecule is C=C/C=C(\C(=C)OC)C(C)CCNc1cccc2ccccc12. The summed E-state index contributed by atoms with van der Waals surface area (Å²) in [5.74, 6) is 1.06. The summed E-state index contributed by atoms with van der Waals surface area (Å²) in [6, 6.07) is 14.8. The number of allylic oxidation sites excluding steroid dienone is 3. The van der Waals surface area contributed by atoms with Gasteiger partial charge in [-0.25, -0.2) is 0 Å². The number of hydrogen-bond donors (Lipinski definition) is 1. The first-order chi connectivity index (χ1) is 11.2. The van der Waals surface area contributed by atoms with Crippen molar-refractivity contribution in [1.82, 2.24) is 0 Å². The van der Waals surface area contributed by atoms with E-state index in [2.05, 4.69) is 67.9 Å². The highest BCUT2D eigenvalue weighted by atomic mass is 16.5. The molecule has 0 spiro atoms. The summed E-state index contributed by atoms with van der Waals surface area (Å²) in [4.78, 5) is 0. The fourth-order valence-electron chi connectivity index (χ4n) is 2.74. The predicted molar refractivity (Wildman–Crippen MR) is 101 cm³/mol. The van der Waals surface area contributed by atoms with E-state index in [1.165, 1.54) is 16.5 Å². The molecule has 0 amide bonds. The molecular weight excluding hydrogens is 282 g/mol. The normalized spacial score (nSPS) is 12.7. The van der Waals surface area contributed by atoms with Crippen LogP contribution >= 0.6 is 0 Å². The van der Waals surface area contributed by atoms with Gasteiger partial charge >= 0.3 is 0 Å². The first-order valence-electron chi connectivity index (χ1n) is 7.95. The minimum Gasteiger partial charge on any atom is -0.497 e. The van der Waals surface area contributed by atoms with Gasteiger partial charge in [0, 0.05) is 17.6 Å². The number of ether oxygens (including phenoxy) is 1. The largest absolute Gasteiger partial charge is 0.497 e. The Morgan fingerprint density at radius 1 is 1.22 bits per heavy atom. The Morgan fingerprint density at radius 3 is 2.70 bits per heavy atom. The van der Waals surface area contributed by atoms with Crippen LogP contribution < -0.4 is 5.32 Å². The topological polar surface area (TPSA) is 21.3 Å². The molecule has 1 N–H and O–H groups in total. The third-order valence-electron chi connectivity index (χ3n) is 4.08. The number of methoxy groups -OCH3 is 1. The lowest BCUT2D eigenvalue weighted by Crippen LogP contribution is -2.10. The van der Waals surface area contributed by atoms with Crippen molar-refractivity contribution in [2.24, 2.45) is 5.92 Å². The molecule has 0 bridgehead atoms. The van der Waals surface area contributed by atoms with E-state index in [-0.39, 0.29) is 0 Å². The molecule has 0 saturated heterocycles. The average Bonchev–Trinajstić information content (AvgIpc) is 2.59. The number of fused-ring (bicyclic) bond motifs is 1. The van der Waals surface area contributed by atoms with Gasteiger partial charge < -0.3 is 10.1 Å². The molecule has 2 nitrogen and oxygen atoms in total. The van der Waals surface area contributed by atoms with E-state index in [9.17, 15) is 0 Å². The highest BCUT2D eigenvalue weighted by Crippen LogP contribution is 2.25. The third kappa shape index (κ3) is 4.26. The number of rotatable bonds is 8.